The van der Waals surface area contributed by atoms with Crippen LogP contribution in [0.5, 0.6) is 0 Å². The number of hydrogen-bond acceptors (Lipinski definition) is 4. The summed E-state index contributed by atoms with van der Waals surface area (Å²) in [4.78, 5) is 0. The van der Waals surface area contributed by atoms with Gasteiger partial charge in [-0.2, -0.15) is 0 Å². The second-order valence-electron chi connectivity index (χ2n) is 11.2. The van der Waals surface area contributed by atoms with Crippen molar-refractivity contribution < 1.29 is 19.7 Å². The fourth-order valence-corrected chi connectivity index (χ4v) is 5.83. The van der Waals surface area contributed by atoms with Gasteiger partial charge in [-0.1, -0.05) is 121 Å². The molecule has 1 aliphatic heterocycles. The van der Waals surface area contributed by atoms with Gasteiger partial charge in [-0.15, -0.1) is 0 Å². The monoisotopic (exact) mass is 560 g/mol. The lowest BCUT2D eigenvalue weighted by molar-refractivity contribution is 0.0102. The molecule has 1 heterocycles. The van der Waals surface area contributed by atoms with Crippen molar-refractivity contribution in [2.24, 2.45) is 11.8 Å². The number of rotatable bonds is 14. The molecule has 0 aromatic heterocycles. The van der Waals surface area contributed by atoms with Crippen LogP contribution in [0.1, 0.15) is 47.9 Å². The minimum atomic E-state index is -0.568. The maximum absolute atomic E-state index is 10.2. The third-order valence-electron chi connectivity index (χ3n) is 7.96. The Morgan fingerprint density at radius 3 is 0.929 bits per heavy atom. The SMILES string of the molecule is OC1=C(O)OC(CCC(Cc2ccccc2)Cc2ccccc2)=C(CCC(Cc2ccccc2)Cc2ccccc2)O1. The fraction of sp³-hybridized carbons (Fsp3) is 0.263. The first kappa shape index (κ1) is 29.1. The van der Waals surface area contributed by atoms with E-state index in [4.69, 9.17) is 9.47 Å². The van der Waals surface area contributed by atoms with Gasteiger partial charge in [0.15, 0.2) is 0 Å². The van der Waals surface area contributed by atoms with Crippen LogP contribution in [0.4, 0.5) is 0 Å². The molecular weight excluding hydrogens is 520 g/mol. The molecular formula is C38H40O4. The van der Waals surface area contributed by atoms with Gasteiger partial charge in [0.25, 0.3) is 0 Å². The van der Waals surface area contributed by atoms with Crippen LogP contribution in [0.15, 0.2) is 145 Å². The molecule has 0 bridgehead atoms. The van der Waals surface area contributed by atoms with Crippen LogP contribution in [-0.2, 0) is 35.2 Å². The molecule has 0 unspecified atom stereocenters. The molecule has 5 rings (SSSR count). The van der Waals surface area contributed by atoms with E-state index < -0.39 is 11.9 Å². The summed E-state index contributed by atoms with van der Waals surface area (Å²) in [6.07, 6.45) is 6.73. The van der Waals surface area contributed by atoms with Gasteiger partial charge in [0.2, 0.25) is 0 Å². The van der Waals surface area contributed by atoms with Crippen molar-refractivity contribution in [3.63, 3.8) is 0 Å². The zero-order valence-electron chi connectivity index (χ0n) is 24.1. The van der Waals surface area contributed by atoms with Crippen LogP contribution in [-0.4, -0.2) is 10.2 Å². The van der Waals surface area contributed by atoms with Crippen LogP contribution >= 0.6 is 0 Å². The molecule has 0 aliphatic carbocycles. The van der Waals surface area contributed by atoms with Crippen molar-refractivity contribution in [3.8, 4) is 0 Å². The third kappa shape index (κ3) is 8.78. The average molecular weight is 561 g/mol. The normalized spacial score (nSPS) is 13.4. The molecule has 2 N–H and O–H groups in total. The molecule has 0 amide bonds. The van der Waals surface area contributed by atoms with E-state index in [-0.39, 0.29) is 0 Å². The Hall–Kier alpha value is -4.44. The van der Waals surface area contributed by atoms with E-state index >= 15 is 0 Å². The molecule has 4 heteroatoms. The number of benzene rings is 4. The van der Waals surface area contributed by atoms with E-state index in [9.17, 15) is 10.2 Å². The van der Waals surface area contributed by atoms with E-state index in [0.29, 0.717) is 36.2 Å². The van der Waals surface area contributed by atoms with E-state index in [1.165, 1.54) is 22.3 Å². The molecule has 0 saturated carbocycles. The van der Waals surface area contributed by atoms with E-state index in [2.05, 4.69) is 97.1 Å². The van der Waals surface area contributed by atoms with Crippen molar-refractivity contribution in [1.29, 1.82) is 0 Å². The molecule has 0 saturated heterocycles. The highest BCUT2D eigenvalue weighted by Crippen LogP contribution is 2.33. The van der Waals surface area contributed by atoms with Gasteiger partial charge in [-0.25, -0.2) is 0 Å². The van der Waals surface area contributed by atoms with Crippen molar-refractivity contribution in [2.45, 2.75) is 51.4 Å². The van der Waals surface area contributed by atoms with Gasteiger partial charge in [0.1, 0.15) is 11.5 Å². The topological polar surface area (TPSA) is 58.9 Å². The van der Waals surface area contributed by atoms with Crippen molar-refractivity contribution >= 4 is 0 Å². The van der Waals surface area contributed by atoms with Crippen LogP contribution in [0, 0.1) is 11.8 Å². The maximum Gasteiger partial charge on any atom is 0.367 e. The summed E-state index contributed by atoms with van der Waals surface area (Å²) >= 11 is 0. The first-order chi connectivity index (χ1) is 20.6. The molecule has 0 radical (unpaired) electrons. The van der Waals surface area contributed by atoms with Gasteiger partial charge < -0.3 is 19.7 Å². The molecule has 216 valence electrons. The number of aliphatic hydroxyl groups excluding tert-OH is 2. The maximum atomic E-state index is 10.2. The minimum Gasteiger partial charge on any atom is -0.476 e. The lowest BCUT2D eigenvalue weighted by atomic mass is 9.87. The highest BCUT2D eigenvalue weighted by molar-refractivity contribution is 5.21. The molecule has 0 spiro atoms. The smallest absolute Gasteiger partial charge is 0.367 e. The summed E-state index contributed by atoms with van der Waals surface area (Å²) in [5.41, 5.74) is 5.22. The number of ether oxygens (including phenoxy) is 2. The lowest BCUT2D eigenvalue weighted by Crippen LogP contribution is -2.16. The number of allylic oxidation sites excluding steroid dienone is 2. The summed E-state index contributed by atoms with van der Waals surface area (Å²) < 4.78 is 11.5. The molecule has 4 aromatic rings. The molecule has 0 fully saturated rings. The summed E-state index contributed by atoms with van der Waals surface area (Å²) in [7, 11) is 0. The highest BCUT2D eigenvalue weighted by atomic mass is 16.7. The molecule has 1 aliphatic rings. The summed E-state index contributed by atoms with van der Waals surface area (Å²) in [5, 5.41) is 20.4. The Bertz CT molecular complexity index is 1240. The Kier molecular flexibility index (Phi) is 10.4. The Morgan fingerprint density at radius 2 is 0.667 bits per heavy atom. The first-order valence-corrected chi connectivity index (χ1v) is 15.0. The standard InChI is InChI=1S/C38H40O4/c39-37-38(40)42-36(24-22-34(27-31-17-9-3-10-18-31)28-32-19-11-4-12-20-32)35(41-37)23-21-33(25-29-13-5-1-6-14-29)26-30-15-7-2-8-16-30/h1-20,33-34,39-40H,21-28H2. The molecule has 42 heavy (non-hydrogen) atoms. The average Bonchev–Trinajstić information content (AvgIpc) is 3.02. The quantitative estimate of drug-likeness (QED) is 0.161. The Morgan fingerprint density at radius 1 is 0.405 bits per heavy atom. The Labute approximate surface area is 249 Å². The predicted octanol–water partition coefficient (Wildman–Crippen LogP) is 9.25. The van der Waals surface area contributed by atoms with Crippen molar-refractivity contribution in [1.82, 2.24) is 0 Å². The number of hydrogen-bond donors (Lipinski definition) is 2. The van der Waals surface area contributed by atoms with Crippen LogP contribution in [0.2, 0.25) is 0 Å². The molecule has 4 aromatic carbocycles. The zero-order chi connectivity index (χ0) is 29.0. The third-order valence-corrected chi connectivity index (χ3v) is 7.96. The second-order valence-corrected chi connectivity index (χ2v) is 11.2. The Balaban J connectivity index is 1.31. The van der Waals surface area contributed by atoms with Crippen molar-refractivity contribution in [3.05, 3.63) is 167 Å². The van der Waals surface area contributed by atoms with Gasteiger partial charge in [-0.3, -0.25) is 0 Å². The zero-order valence-corrected chi connectivity index (χ0v) is 24.1. The lowest BCUT2D eigenvalue weighted by Gasteiger charge is -2.24. The largest absolute Gasteiger partial charge is 0.476 e. The fourth-order valence-electron chi connectivity index (χ4n) is 5.83. The van der Waals surface area contributed by atoms with E-state index in [1.54, 1.807) is 0 Å². The van der Waals surface area contributed by atoms with E-state index in [0.717, 1.165) is 38.5 Å². The van der Waals surface area contributed by atoms with Crippen molar-refractivity contribution in [2.75, 3.05) is 0 Å². The first-order valence-electron chi connectivity index (χ1n) is 15.0. The van der Waals surface area contributed by atoms with Gasteiger partial charge in [0, 0.05) is 12.8 Å². The highest BCUT2D eigenvalue weighted by Gasteiger charge is 2.26. The van der Waals surface area contributed by atoms with Gasteiger partial charge in [-0.05, 0) is 72.6 Å². The van der Waals surface area contributed by atoms with E-state index in [1.807, 2.05) is 24.3 Å². The van der Waals surface area contributed by atoms with Gasteiger partial charge in [0.05, 0.1) is 0 Å². The van der Waals surface area contributed by atoms with Crippen LogP contribution in [0.25, 0.3) is 0 Å². The van der Waals surface area contributed by atoms with Gasteiger partial charge >= 0.3 is 11.9 Å². The minimum absolute atomic E-state index is 0.373. The second kappa shape index (κ2) is 15.0. The van der Waals surface area contributed by atoms with Crippen LogP contribution < -0.4 is 0 Å². The predicted molar refractivity (Wildman–Crippen MR) is 168 cm³/mol. The summed E-state index contributed by atoms with van der Waals surface area (Å²) in [5.74, 6) is 0.822. The summed E-state index contributed by atoms with van der Waals surface area (Å²) in [6.45, 7) is 0. The number of aliphatic hydroxyl groups is 2. The molecule has 4 nitrogen and oxygen atoms in total. The molecule has 0 atom stereocenters. The summed E-state index contributed by atoms with van der Waals surface area (Å²) in [6, 6.07) is 42.3. The van der Waals surface area contributed by atoms with Crippen LogP contribution in [0.3, 0.4) is 0 Å².